The number of hydrogen-bond acceptors (Lipinski definition) is 0. The van der Waals surface area contributed by atoms with E-state index in [0.29, 0.717) is 0 Å². The molecule has 0 unspecified atom stereocenters. The summed E-state index contributed by atoms with van der Waals surface area (Å²) >= 11 is -2.52. The molecule has 0 fully saturated rings. The van der Waals surface area contributed by atoms with Crippen molar-refractivity contribution in [2.45, 2.75) is 42.2 Å². The summed E-state index contributed by atoms with van der Waals surface area (Å²) < 4.78 is 3.31. The molecule has 0 atom stereocenters. The molecule has 1 aromatic rings. The fourth-order valence-electron chi connectivity index (χ4n) is 2.89. The molecule has 0 amide bonds. The molecular weight excluding hydrogens is 295 g/mol. The van der Waals surface area contributed by atoms with Crippen LogP contribution in [0.15, 0.2) is 40.7 Å². The van der Waals surface area contributed by atoms with E-state index in [2.05, 4.69) is 62.3 Å². The minimum absolute atomic E-state index is 1.18. The van der Waals surface area contributed by atoms with Crippen LogP contribution in [0.1, 0.15) is 27.2 Å². The molecule has 2 heteroatoms. The van der Waals surface area contributed by atoms with Crippen LogP contribution in [0.3, 0.4) is 0 Å². The molecule has 0 saturated heterocycles. The average Bonchev–Trinajstić information content (AvgIpc) is 3.07. The zero-order valence-electron chi connectivity index (χ0n) is 11.1. The van der Waals surface area contributed by atoms with Gasteiger partial charge in [-0.05, 0) is 0 Å². The van der Waals surface area contributed by atoms with Gasteiger partial charge >= 0.3 is 106 Å². The van der Waals surface area contributed by atoms with E-state index in [9.17, 15) is 0 Å². The van der Waals surface area contributed by atoms with Crippen molar-refractivity contribution in [2.75, 3.05) is 0 Å². The Bertz CT molecular complexity index is 424. The molecule has 0 spiro atoms. The molecule has 1 nitrogen and oxygen atoms in total. The normalized spacial score (nSPS) is 17.8. The Morgan fingerprint density at radius 1 is 1.18 bits per heavy atom. The quantitative estimate of drug-likeness (QED) is 0.770. The molecule has 1 aliphatic carbocycles. The molecule has 1 heterocycles. The van der Waals surface area contributed by atoms with Gasteiger partial charge in [-0.25, -0.2) is 0 Å². The van der Waals surface area contributed by atoms with Crippen molar-refractivity contribution in [1.82, 2.24) is 4.98 Å². The van der Waals surface area contributed by atoms with Gasteiger partial charge in [0.15, 0.2) is 0 Å². The second kappa shape index (κ2) is 4.57. The first-order valence-corrected chi connectivity index (χ1v) is 11.9. The van der Waals surface area contributed by atoms with Gasteiger partial charge in [0.1, 0.15) is 0 Å². The SMILES string of the molecule is C[CH2][Ru]([CH2]C)([CH2]C)([C]1=CC=CC1)[c]1ccc[nH]1. The Hall–Kier alpha value is -0.617. The van der Waals surface area contributed by atoms with Gasteiger partial charge < -0.3 is 0 Å². The van der Waals surface area contributed by atoms with Gasteiger partial charge in [0.05, 0.1) is 0 Å². The van der Waals surface area contributed by atoms with Crippen LogP contribution in [0.25, 0.3) is 0 Å². The van der Waals surface area contributed by atoms with E-state index in [-0.39, 0.29) is 0 Å². The Labute approximate surface area is 106 Å². The fourth-order valence-corrected chi connectivity index (χ4v) is 14.2. The van der Waals surface area contributed by atoms with Crippen LogP contribution in [-0.4, -0.2) is 4.98 Å². The Morgan fingerprint density at radius 2 is 1.88 bits per heavy atom. The number of nitrogens with one attached hydrogen (secondary N) is 1. The van der Waals surface area contributed by atoms with Crippen LogP contribution in [-0.2, 0) is 13.6 Å². The first-order chi connectivity index (χ1) is 8.22. The van der Waals surface area contributed by atoms with Crippen LogP contribution < -0.4 is 4.29 Å². The van der Waals surface area contributed by atoms with Crippen molar-refractivity contribution < 1.29 is 13.6 Å². The molecule has 1 N–H and O–H groups in total. The summed E-state index contributed by atoms with van der Waals surface area (Å²) in [6.45, 7) is 7.20. The molecular formula is C15H24NRu. The molecule has 0 saturated carbocycles. The summed E-state index contributed by atoms with van der Waals surface area (Å²) in [5, 5.41) is 3.99. The third-order valence-corrected chi connectivity index (χ3v) is 19.6. The maximum atomic E-state index is 3.56. The van der Waals surface area contributed by atoms with Crippen LogP contribution in [0.5, 0.6) is 0 Å². The van der Waals surface area contributed by atoms with Crippen molar-refractivity contribution in [3.8, 4) is 0 Å². The van der Waals surface area contributed by atoms with E-state index in [1.54, 1.807) is 8.46 Å². The summed E-state index contributed by atoms with van der Waals surface area (Å²) in [6, 6.07) is 4.50. The molecule has 0 bridgehead atoms. The Morgan fingerprint density at radius 3 is 2.29 bits per heavy atom. The number of hydrogen-bond donors (Lipinski definition) is 1. The van der Waals surface area contributed by atoms with Crippen molar-refractivity contribution in [3.63, 3.8) is 0 Å². The maximum absolute atomic E-state index is 3.56. The number of aromatic amines is 1. The van der Waals surface area contributed by atoms with Crippen molar-refractivity contribution in [1.29, 1.82) is 0 Å². The first kappa shape index (κ1) is 12.8. The number of aromatic nitrogens is 1. The molecule has 17 heavy (non-hydrogen) atoms. The van der Waals surface area contributed by atoms with Gasteiger partial charge in [-0.1, -0.05) is 0 Å². The molecule has 0 radical (unpaired) electrons. The molecule has 1 aromatic heterocycles. The summed E-state index contributed by atoms with van der Waals surface area (Å²) in [4.78, 5) is 3.56. The third-order valence-electron chi connectivity index (χ3n) is 4.17. The van der Waals surface area contributed by atoms with E-state index in [1.165, 1.54) is 21.5 Å². The predicted octanol–water partition coefficient (Wildman–Crippen LogP) is 4.49. The third kappa shape index (κ3) is 1.61. The molecule has 0 aromatic carbocycles. The van der Waals surface area contributed by atoms with Crippen molar-refractivity contribution >= 4 is 4.29 Å². The van der Waals surface area contributed by atoms with E-state index in [1.807, 2.05) is 0 Å². The summed E-state index contributed by atoms with van der Waals surface area (Å²) in [6.07, 6.45) is 10.2. The summed E-state index contributed by atoms with van der Waals surface area (Å²) in [7, 11) is 0. The van der Waals surface area contributed by atoms with Crippen LogP contribution in [0.4, 0.5) is 0 Å². The van der Waals surface area contributed by atoms with Gasteiger partial charge in [-0.3, -0.25) is 0 Å². The monoisotopic (exact) mass is 320 g/mol. The fraction of sp³-hybridized carbons (Fsp3) is 0.467. The second-order valence-electron chi connectivity index (χ2n) is 4.35. The van der Waals surface area contributed by atoms with Crippen LogP contribution in [0.2, 0.25) is 15.0 Å². The molecule has 2 rings (SSSR count). The Kier molecular flexibility index (Phi) is 3.45. The van der Waals surface area contributed by atoms with Gasteiger partial charge in [0.2, 0.25) is 0 Å². The van der Waals surface area contributed by atoms with Crippen molar-refractivity contribution in [3.05, 3.63) is 40.7 Å². The van der Waals surface area contributed by atoms with Gasteiger partial charge in [-0.15, -0.1) is 0 Å². The molecule has 1 aliphatic rings. The van der Waals surface area contributed by atoms with Gasteiger partial charge in [0.25, 0.3) is 0 Å². The van der Waals surface area contributed by atoms with Gasteiger partial charge in [0, 0.05) is 0 Å². The summed E-state index contributed by atoms with van der Waals surface area (Å²) in [5.41, 5.74) is 0. The second-order valence-corrected chi connectivity index (χ2v) is 16.8. The average molecular weight is 319 g/mol. The zero-order chi connectivity index (χ0) is 12.4. The van der Waals surface area contributed by atoms with E-state index < -0.39 is 13.6 Å². The van der Waals surface area contributed by atoms with Crippen LogP contribution in [0, 0.1) is 0 Å². The van der Waals surface area contributed by atoms with E-state index in [4.69, 9.17) is 0 Å². The topological polar surface area (TPSA) is 15.8 Å². The summed E-state index contributed by atoms with van der Waals surface area (Å²) in [5.74, 6) is 0. The molecule has 97 valence electrons. The predicted molar refractivity (Wildman–Crippen MR) is 73.7 cm³/mol. The Balaban J connectivity index is 2.63. The standard InChI is InChI=1S/C5H5.C4H4N.3C2H5.Ru/c2*1-2-4-5-3-1;3*1-2;/h1-3H,4H2;1-3,5H;3*1H2,2H3;. The number of rotatable bonds is 5. The van der Waals surface area contributed by atoms with Gasteiger partial charge in [-0.2, -0.15) is 0 Å². The number of allylic oxidation sites excluding steroid dienone is 4. The van der Waals surface area contributed by atoms with E-state index >= 15 is 0 Å². The first-order valence-electron chi connectivity index (χ1n) is 6.44. The minimum atomic E-state index is -2.52. The molecule has 0 aliphatic heterocycles. The number of H-pyrrole nitrogens is 1. The van der Waals surface area contributed by atoms with E-state index in [0.717, 1.165) is 0 Å². The zero-order valence-corrected chi connectivity index (χ0v) is 12.9. The van der Waals surface area contributed by atoms with Crippen molar-refractivity contribution in [2.24, 2.45) is 0 Å². The van der Waals surface area contributed by atoms with Crippen LogP contribution >= 0.6 is 0 Å².